The van der Waals surface area contributed by atoms with Crippen LogP contribution in [0.25, 0.3) is 0 Å². The van der Waals surface area contributed by atoms with Crippen molar-refractivity contribution in [2.24, 2.45) is 0 Å². The van der Waals surface area contributed by atoms with Gasteiger partial charge in [-0.25, -0.2) is 0 Å². The minimum atomic E-state index is -0.255. The molecule has 0 spiro atoms. The molecule has 0 bridgehead atoms. The Bertz CT molecular complexity index is 259. The normalized spacial score (nSPS) is 27.1. The fourth-order valence-corrected chi connectivity index (χ4v) is 2.87. The fraction of sp³-hybridized carbons (Fsp3) is 0.929. The van der Waals surface area contributed by atoms with Crippen LogP contribution in [0.1, 0.15) is 51.9 Å². The first kappa shape index (κ1) is 13.8. The second kappa shape index (κ2) is 7.10. The summed E-state index contributed by atoms with van der Waals surface area (Å²) in [5.74, 6) is 0.0816. The highest BCUT2D eigenvalue weighted by Gasteiger charge is 2.26. The number of carbonyl (C=O) groups excluding carboxylic acids is 1. The van der Waals surface area contributed by atoms with Crippen LogP contribution in [0, 0.1) is 0 Å². The van der Waals surface area contributed by atoms with Gasteiger partial charge in [0.25, 0.3) is 0 Å². The molecule has 2 rings (SSSR count). The predicted molar refractivity (Wildman–Crippen MR) is 71.5 cm³/mol. The van der Waals surface area contributed by atoms with Crippen molar-refractivity contribution in [2.75, 3.05) is 13.1 Å². The van der Waals surface area contributed by atoms with Crippen molar-refractivity contribution in [3.8, 4) is 0 Å². The van der Waals surface area contributed by atoms with Crippen molar-refractivity contribution in [2.45, 2.75) is 70.1 Å². The summed E-state index contributed by atoms with van der Waals surface area (Å²) in [5.41, 5.74) is 0. The van der Waals surface area contributed by atoms with Crippen molar-refractivity contribution >= 4 is 5.91 Å². The van der Waals surface area contributed by atoms with Crippen LogP contribution < -0.4 is 10.6 Å². The number of rotatable bonds is 5. The van der Waals surface area contributed by atoms with Crippen molar-refractivity contribution in [3.05, 3.63) is 0 Å². The largest absolute Gasteiger partial charge is 0.365 e. The summed E-state index contributed by atoms with van der Waals surface area (Å²) < 4.78 is 5.93. The Morgan fingerprint density at radius 2 is 2.11 bits per heavy atom. The van der Waals surface area contributed by atoms with E-state index in [1.165, 1.54) is 12.8 Å². The van der Waals surface area contributed by atoms with Gasteiger partial charge in [-0.3, -0.25) is 4.79 Å². The summed E-state index contributed by atoms with van der Waals surface area (Å²) in [6.07, 6.45) is 7.78. The lowest BCUT2D eigenvalue weighted by Gasteiger charge is -2.27. The topological polar surface area (TPSA) is 50.4 Å². The molecule has 2 N–H and O–H groups in total. The Balaban J connectivity index is 1.76. The van der Waals surface area contributed by atoms with Crippen molar-refractivity contribution in [1.82, 2.24) is 10.6 Å². The lowest BCUT2D eigenvalue weighted by atomic mass is 10.1. The molecule has 0 aromatic rings. The minimum absolute atomic E-state index is 0.0816. The number of hydrogen-bond donors (Lipinski definition) is 2. The highest BCUT2D eigenvalue weighted by atomic mass is 16.5. The molecule has 0 radical (unpaired) electrons. The Morgan fingerprint density at radius 3 is 2.72 bits per heavy atom. The van der Waals surface area contributed by atoms with E-state index in [1.807, 2.05) is 6.92 Å². The van der Waals surface area contributed by atoms with Crippen molar-refractivity contribution < 1.29 is 9.53 Å². The second-order valence-electron chi connectivity index (χ2n) is 5.49. The Hall–Kier alpha value is -0.610. The number of ether oxygens (including phenoxy) is 1. The molecule has 2 fully saturated rings. The van der Waals surface area contributed by atoms with Gasteiger partial charge in [0.15, 0.2) is 0 Å². The fourth-order valence-electron chi connectivity index (χ4n) is 2.87. The summed E-state index contributed by atoms with van der Waals surface area (Å²) in [6.45, 7) is 3.99. The highest BCUT2D eigenvalue weighted by molar-refractivity contribution is 5.81. The van der Waals surface area contributed by atoms with Gasteiger partial charge in [-0.15, -0.1) is 0 Å². The summed E-state index contributed by atoms with van der Waals surface area (Å²) in [6, 6.07) is 0.285. The van der Waals surface area contributed by atoms with E-state index in [1.54, 1.807) is 0 Å². The first-order valence-electron chi connectivity index (χ1n) is 7.46. The third kappa shape index (κ3) is 3.95. The second-order valence-corrected chi connectivity index (χ2v) is 5.49. The lowest BCUT2D eigenvalue weighted by molar-refractivity contribution is -0.137. The maximum absolute atomic E-state index is 12.2. The van der Waals surface area contributed by atoms with Crippen LogP contribution in [0.4, 0.5) is 0 Å². The predicted octanol–water partition coefficient (Wildman–Crippen LogP) is 1.59. The van der Waals surface area contributed by atoms with E-state index < -0.39 is 0 Å². The molecule has 18 heavy (non-hydrogen) atoms. The molecule has 4 heteroatoms. The third-order valence-electron chi connectivity index (χ3n) is 3.97. The molecule has 1 aliphatic carbocycles. The van der Waals surface area contributed by atoms with Crippen LogP contribution in [0.5, 0.6) is 0 Å². The van der Waals surface area contributed by atoms with Crippen LogP contribution in [0.2, 0.25) is 0 Å². The standard InChI is InChI=1S/C14H26N2O2/c1-2-13(18-12-7-3-4-8-12)14(17)16-11-6-5-9-15-10-11/h11-13,15H,2-10H2,1H3,(H,16,17)/t11-,13?/m0/s1. The molecule has 0 aromatic carbocycles. The lowest BCUT2D eigenvalue weighted by Crippen LogP contribution is -2.49. The molecule has 1 saturated carbocycles. The van der Waals surface area contributed by atoms with Gasteiger partial charge < -0.3 is 15.4 Å². The van der Waals surface area contributed by atoms with E-state index in [9.17, 15) is 4.79 Å². The molecule has 1 unspecified atom stereocenters. The smallest absolute Gasteiger partial charge is 0.249 e. The van der Waals surface area contributed by atoms with Crippen LogP contribution in [0.3, 0.4) is 0 Å². The molecule has 1 amide bonds. The molecule has 2 atom stereocenters. The summed E-state index contributed by atoms with van der Waals surface area (Å²) in [7, 11) is 0. The van der Waals surface area contributed by atoms with Gasteiger partial charge in [0, 0.05) is 12.6 Å². The molecule has 104 valence electrons. The van der Waals surface area contributed by atoms with Gasteiger partial charge in [-0.1, -0.05) is 19.8 Å². The average Bonchev–Trinajstić information content (AvgIpc) is 2.90. The van der Waals surface area contributed by atoms with E-state index in [4.69, 9.17) is 4.74 Å². The molecule has 0 aromatic heterocycles. The molecular formula is C14H26N2O2. The van der Waals surface area contributed by atoms with Crippen LogP contribution >= 0.6 is 0 Å². The molecule has 4 nitrogen and oxygen atoms in total. The van der Waals surface area contributed by atoms with Gasteiger partial charge in [0.05, 0.1) is 6.10 Å². The van der Waals surface area contributed by atoms with Crippen molar-refractivity contribution in [1.29, 1.82) is 0 Å². The maximum atomic E-state index is 12.2. The number of piperidine rings is 1. The quantitative estimate of drug-likeness (QED) is 0.783. The monoisotopic (exact) mass is 254 g/mol. The van der Waals surface area contributed by atoms with E-state index in [2.05, 4.69) is 10.6 Å². The summed E-state index contributed by atoms with van der Waals surface area (Å²) in [4.78, 5) is 12.2. The average molecular weight is 254 g/mol. The number of hydrogen-bond acceptors (Lipinski definition) is 3. The SMILES string of the molecule is CCC(OC1CCCC1)C(=O)N[C@H]1CCCNC1. The van der Waals surface area contributed by atoms with Gasteiger partial charge >= 0.3 is 0 Å². The highest BCUT2D eigenvalue weighted by Crippen LogP contribution is 2.23. The van der Waals surface area contributed by atoms with Gasteiger partial charge in [0.1, 0.15) is 6.10 Å². The Kier molecular flexibility index (Phi) is 5.45. The van der Waals surface area contributed by atoms with Gasteiger partial charge in [0.2, 0.25) is 5.91 Å². The Morgan fingerprint density at radius 1 is 1.33 bits per heavy atom. The van der Waals surface area contributed by atoms with Crippen LogP contribution in [-0.4, -0.2) is 37.2 Å². The van der Waals surface area contributed by atoms with Gasteiger partial charge in [-0.05, 0) is 38.6 Å². The van der Waals surface area contributed by atoms with E-state index in [0.717, 1.165) is 45.2 Å². The van der Waals surface area contributed by atoms with Crippen molar-refractivity contribution in [3.63, 3.8) is 0 Å². The molecular weight excluding hydrogens is 228 g/mol. The van der Waals surface area contributed by atoms with Crippen LogP contribution in [-0.2, 0) is 9.53 Å². The summed E-state index contributed by atoms with van der Waals surface area (Å²) >= 11 is 0. The first-order valence-corrected chi connectivity index (χ1v) is 7.46. The minimum Gasteiger partial charge on any atom is -0.365 e. The number of carbonyl (C=O) groups is 1. The zero-order valence-electron chi connectivity index (χ0n) is 11.4. The number of nitrogens with one attached hydrogen (secondary N) is 2. The molecule has 1 saturated heterocycles. The molecule has 1 aliphatic heterocycles. The van der Waals surface area contributed by atoms with Gasteiger partial charge in [-0.2, -0.15) is 0 Å². The molecule has 2 aliphatic rings. The maximum Gasteiger partial charge on any atom is 0.249 e. The third-order valence-corrected chi connectivity index (χ3v) is 3.97. The first-order chi connectivity index (χ1) is 8.79. The zero-order chi connectivity index (χ0) is 12.8. The van der Waals surface area contributed by atoms with E-state index in [-0.39, 0.29) is 18.1 Å². The van der Waals surface area contributed by atoms with E-state index in [0.29, 0.717) is 6.10 Å². The van der Waals surface area contributed by atoms with Crippen LogP contribution in [0.15, 0.2) is 0 Å². The number of amides is 1. The van der Waals surface area contributed by atoms with E-state index >= 15 is 0 Å². The Labute approximate surface area is 110 Å². The zero-order valence-corrected chi connectivity index (χ0v) is 11.4. The summed E-state index contributed by atoms with van der Waals surface area (Å²) in [5, 5.41) is 6.43. The molecule has 1 heterocycles.